The molecule has 0 spiro atoms. The van der Waals surface area contributed by atoms with Crippen LogP contribution in [0.25, 0.3) is 5.57 Å². The highest BCUT2D eigenvalue weighted by Crippen LogP contribution is 2.23. The van der Waals surface area contributed by atoms with E-state index in [1.807, 2.05) is 0 Å². The summed E-state index contributed by atoms with van der Waals surface area (Å²) >= 11 is 0. The Balaban J connectivity index is 2.16. The van der Waals surface area contributed by atoms with Crippen molar-refractivity contribution in [3.63, 3.8) is 0 Å². The number of allylic oxidation sites excluding steroid dienone is 1. The van der Waals surface area contributed by atoms with Gasteiger partial charge in [0.05, 0.1) is 0 Å². The van der Waals surface area contributed by atoms with Crippen molar-refractivity contribution in [3.05, 3.63) is 71.5 Å². The molecule has 0 aliphatic carbocycles. The quantitative estimate of drug-likeness (QED) is 0.685. The second kappa shape index (κ2) is 5.80. The zero-order valence-corrected chi connectivity index (χ0v) is 11.1. The van der Waals surface area contributed by atoms with Gasteiger partial charge in [-0.25, -0.2) is 0 Å². The van der Waals surface area contributed by atoms with Crippen molar-refractivity contribution in [2.24, 2.45) is 0 Å². The van der Waals surface area contributed by atoms with Gasteiger partial charge in [0.15, 0.2) is 0 Å². The second-order valence-corrected chi connectivity index (χ2v) is 5.12. The molecule has 0 saturated heterocycles. The van der Waals surface area contributed by atoms with Crippen molar-refractivity contribution in [1.29, 1.82) is 0 Å². The highest BCUT2D eigenvalue weighted by atomic mass is 31.1. The number of hydrogen-bond acceptors (Lipinski definition) is 0. The van der Waals surface area contributed by atoms with E-state index in [0.29, 0.717) is 0 Å². The minimum Gasteiger partial charge on any atom is -0.0622 e. The monoisotopic (exact) mass is 239 g/mol. The summed E-state index contributed by atoms with van der Waals surface area (Å²) in [4.78, 5) is 0. The van der Waals surface area contributed by atoms with Crippen LogP contribution >= 0.6 is 8.58 Å². The van der Waals surface area contributed by atoms with E-state index in [0.717, 1.165) is 0 Å². The molecular formula is C16H16P. The van der Waals surface area contributed by atoms with E-state index < -0.39 is 0 Å². The molecule has 0 atom stereocenters. The molecule has 0 aliphatic heterocycles. The maximum Gasteiger partial charge on any atom is -0.0152 e. The fraction of sp³-hybridized carbons (Fsp3) is 0.125. The first-order valence-electron chi connectivity index (χ1n) is 5.76. The van der Waals surface area contributed by atoms with E-state index in [2.05, 4.69) is 74.3 Å². The molecule has 0 unspecified atom stereocenters. The Morgan fingerprint density at radius 2 is 1.59 bits per heavy atom. The smallest absolute Gasteiger partial charge is 0.0152 e. The third-order valence-electron chi connectivity index (χ3n) is 2.73. The Kier molecular flexibility index (Phi) is 4.12. The topological polar surface area (TPSA) is 0 Å². The van der Waals surface area contributed by atoms with Crippen LogP contribution in [-0.2, 0) is 0 Å². The summed E-state index contributed by atoms with van der Waals surface area (Å²) in [5.41, 5.74) is 4.02. The van der Waals surface area contributed by atoms with Crippen molar-refractivity contribution in [2.45, 2.75) is 13.8 Å². The predicted molar refractivity (Wildman–Crippen MR) is 77.8 cm³/mol. The van der Waals surface area contributed by atoms with Crippen LogP contribution in [0.3, 0.4) is 0 Å². The molecule has 2 aromatic carbocycles. The van der Waals surface area contributed by atoms with Crippen LogP contribution < -0.4 is 5.30 Å². The Bertz CT molecular complexity index is 512. The van der Waals surface area contributed by atoms with Gasteiger partial charge in [-0.1, -0.05) is 54.6 Å². The van der Waals surface area contributed by atoms with Crippen LogP contribution in [0.15, 0.2) is 60.4 Å². The van der Waals surface area contributed by atoms with Gasteiger partial charge in [-0.05, 0) is 50.2 Å². The SMILES string of the molecule is C/C(=C\[P]c1ccccc1)c1ccccc1C. The van der Waals surface area contributed by atoms with E-state index in [4.69, 9.17) is 0 Å². The first kappa shape index (κ1) is 12.1. The first-order chi connectivity index (χ1) is 8.27. The standard InChI is InChI=1S/C16H16P/c1-13-8-6-7-11-16(13)14(2)12-17-15-9-4-3-5-10-15/h3-12H,1-2H3/b14-12+. The molecule has 0 aromatic heterocycles. The van der Waals surface area contributed by atoms with E-state index in [1.54, 1.807) is 0 Å². The summed E-state index contributed by atoms with van der Waals surface area (Å²) in [7, 11) is 1.26. The fourth-order valence-corrected chi connectivity index (χ4v) is 2.60. The van der Waals surface area contributed by atoms with Gasteiger partial charge < -0.3 is 0 Å². The molecule has 0 fully saturated rings. The molecular weight excluding hydrogens is 223 g/mol. The summed E-state index contributed by atoms with van der Waals surface area (Å²) in [5.74, 6) is 2.28. The van der Waals surface area contributed by atoms with Crippen LogP contribution in [0.4, 0.5) is 0 Å². The van der Waals surface area contributed by atoms with E-state index in [9.17, 15) is 0 Å². The van der Waals surface area contributed by atoms with E-state index in [1.165, 1.54) is 30.6 Å². The maximum atomic E-state index is 2.28. The van der Waals surface area contributed by atoms with Gasteiger partial charge in [0.1, 0.15) is 0 Å². The molecule has 0 amide bonds. The number of hydrogen-bond donors (Lipinski definition) is 0. The highest BCUT2D eigenvalue weighted by Gasteiger charge is 1.99. The summed E-state index contributed by atoms with van der Waals surface area (Å²) in [6, 6.07) is 19.1. The molecule has 17 heavy (non-hydrogen) atoms. The molecule has 0 saturated carbocycles. The molecule has 0 aliphatic rings. The minimum atomic E-state index is 1.26. The Morgan fingerprint density at radius 3 is 2.29 bits per heavy atom. The Morgan fingerprint density at radius 1 is 0.941 bits per heavy atom. The van der Waals surface area contributed by atoms with Gasteiger partial charge in [0.25, 0.3) is 0 Å². The molecule has 1 radical (unpaired) electrons. The molecule has 0 heterocycles. The zero-order valence-electron chi connectivity index (χ0n) is 10.2. The molecule has 2 rings (SSSR count). The second-order valence-electron chi connectivity index (χ2n) is 4.09. The highest BCUT2D eigenvalue weighted by molar-refractivity contribution is 7.50. The van der Waals surface area contributed by atoms with Crippen LogP contribution in [0.5, 0.6) is 0 Å². The average molecular weight is 239 g/mol. The third-order valence-corrected chi connectivity index (χ3v) is 3.85. The zero-order chi connectivity index (χ0) is 12.1. The lowest BCUT2D eigenvalue weighted by atomic mass is 10.0. The maximum absolute atomic E-state index is 2.28. The summed E-state index contributed by atoms with van der Waals surface area (Å²) in [5, 5.41) is 1.33. The molecule has 1 heteroatoms. The Hall–Kier alpha value is -1.39. The van der Waals surface area contributed by atoms with Gasteiger partial charge in [-0.3, -0.25) is 0 Å². The molecule has 0 N–H and O–H groups in total. The van der Waals surface area contributed by atoms with Gasteiger partial charge in [-0.15, -0.1) is 0 Å². The number of rotatable bonds is 3. The molecule has 0 bridgehead atoms. The number of aryl methyl sites for hydroxylation is 1. The van der Waals surface area contributed by atoms with Crippen molar-refractivity contribution >= 4 is 19.5 Å². The number of benzene rings is 2. The third kappa shape index (κ3) is 3.28. The summed E-state index contributed by atoms with van der Waals surface area (Å²) < 4.78 is 0. The van der Waals surface area contributed by atoms with Crippen molar-refractivity contribution in [1.82, 2.24) is 0 Å². The van der Waals surface area contributed by atoms with Crippen molar-refractivity contribution in [3.8, 4) is 0 Å². The summed E-state index contributed by atoms with van der Waals surface area (Å²) in [6.07, 6.45) is 0. The average Bonchev–Trinajstić information content (AvgIpc) is 2.38. The lowest BCUT2D eigenvalue weighted by Crippen LogP contribution is -1.89. The lowest BCUT2D eigenvalue weighted by molar-refractivity contribution is 1.41. The van der Waals surface area contributed by atoms with Gasteiger partial charge >= 0.3 is 0 Å². The fourth-order valence-electron chi connectivity index (χ4n) is 1.77. The van der Waals surface area contributed by atoms with Crippen LogP contribution in [0.2, 0.25) is 0 Å². The molecule has 2 aromatic rings. The van der Waals surface area contributed by atoms with Crippen LogP contribution in [0, 0.1) is 6.92 Å². The van der Waals surface area contributed by atoms with Crippen molar-refractivity contribution in [2.75, 3.05) is 0 Å². The van der Waals surface area contributed by atoms with Gasteiger partial charge in [0.2, 0.25) is 0 Å². The lowest BCUT2D eigenvalue weighted by Gasteiger charge is -2.05. The summed E-state index contributed by atoms with van der Waals surface area (Å²) in [6.45, 7) is 4.34. The molecule has 0 nitrogen and oxygen atoms in total. The van der Waals surface area contributed by atoms with Crippen LogP contribution in [0.1, 0.15) is 18.1 Å². The largest absolute Gasteiger partial charge is 0.0622 e. The predicted octanol–water partition coefficient (Wildman–Crippen LogP) is 4.63. The first-order valence-corrected chi connectivity index (χ1v) is 6.72. The Labute approximate surface area is 105 Å². The molecule has 85 valence electrons. The van der Waals surface area contributed by atoms with Gasteiger partial charge in [0, 0.05) is 0 Å². The van der Waals surface area contributed by atoms with E-state index in [-0.39, 0.29) is 0 Å². The van der Waals surface area contributed by atoms with E-state index >= 15 is 0 Å². The minimum absolute atomic E-state index is 1.26. The van der Waals surface area contributed by atoms with Crippen molar-refractivity contribution < 1.29 is 0 Å². The normalized spacial score (nSPS) is 12.2. The van der Waals surface area contributed by atoms with Crippen LogP contribution in [-0.4, -0.2) is 0 Å². The van der Waals surface area contributed by atoms with Gasteiger partial charge in [-0.2, -0.15) is 0 Å².